The summed E-state index contributed by atoms with van der Waals surface area (Å²) in [5.41, 5.74) is 1.11. The molecule has 1 amide bonds. The number of hydrogen-bond acceptors (Lipinski definition) is 5. The molecule has 0 aliphatic carbocycles. The van der Waals surface area contributed by atoms with Gasteiger partial charge >= 0.3 is 0 Å². The number of hydrogen-bond donors (Lipinski definition) is 0. The molecule has 0 spiro atoms. The SMILES string of the molecule is COc1cc(C2c3c(oc4ccc(Cl)cc4c3=O)C(=O)N2C)ccc1OCCC(C)C. The molecule has 6 nitrogen and oxygen atoms in total. The van der Waals surface area contributed by atoms with Crippen molar-refractivity contribution in [3.05, 3.63) is 68.5 Å². The van der Waals surface area contributed by atoms with Gasteiger partial charge in [0.25, 0.3) is 5.91 Å². The molecule has 7 heteroatoms. The zero-order valence-electron chi connectivity index (χ0n) is 17.9. The Balaban J connectivity index is 1.79. The average molecular weight is 442 g/mol. The molecule has 1 atom stereocenters. The molecule has 1 aliphatic heterocycles. The number of carbonyl (C=O) groups is 1. The first-order chi connectivity index (χ1) is 14.8. The summed E-state index contributed by atoms with van der Waals surface area (Å²) in [6.45, 7) is 4.85. The molecule has 0 radical (unpaired) electrons. The third kappa shape index (κ3) is 3.76. The van der Waals surface area contributed by atoms with Crippen molar-refractivity contribution in [2.75, 3.05) is 20.8 Å². The van der Waals surface area contributed by atoms with Gasteiger partial charge in [-0.25, -0.2) is 0 Å². The molecular formula is C24H24ClNO5. The molecule has 0 fully saturated rings. The highest BCUT2D eigenvalue weighted by Crippen LogP contribution is 2.40. The first kappa shape index (κ1) is 21.2. The van der Waals surface area contributed by atoms with Crippen LogP contribution in [-0.2, 0) is 0 Å². The molecule has 4 rings (SSSR count). The van der Waals surface area contributed by atoms with E-state index in [1.807, 2.05) is 12.1 Å². The zero-order valence-corrected chi connectivity index (χ0v) is 18.7. The number of carbonyl (C=O) groups excluding carboxylic acids is 1. The third-order valence-corrected chi connectivity index (χ3v) is 5.75. The van der Waals surface area contributed by atoms with Crippen LogP contribution in [0.1, 0.15) is 48.0 Å². The van der Waals surface area contributed by atoms with E-state index in [9.17, 15) is 9.59 Å². The third-order valence-electron chi connectivity index (χ3n) is 5.52. The van der Waals surface area contributed by atoms with Crippen LogP contribution in [0.15, 0.2) is 45.6 Å². The summed E-state index contributed by atoms with van der Waals surface area (Å²) in [5.74, 6) is 1.41. The Labute approximate surface area is 185 Å². The summed E-state index contributed by atoms with van der Waals surface area (Å²) in [7, 11) is 3.22. The van der Waals surface area contributed by atoms with E-state index in [2.05, 4.69) is 13.8 Å². The van der Waals surface area contributed by atoms with Crippen LogP contribution in [0.2, 0.25) is 5.02 Å². The second-order valence-corrected chi connectivity index (χ2v) is 8.51. The van der Waals surface area contributed by atoms with Gasteiger partial charge in [0.15, 0.2) is 16.9 Å². The molecule has 0 saturated carbocycles. The molecule has 162 valence electrons. The number of nitrogens with zero attached hydrogens (tertiary/aromatic N) is 1. The normalized spacial score (nSPS) is 15.6. The van der Waals surface area contributed by atoms with Gasteiger partial charge in [0.05, 0.1) is 30.7 Å². The van der Waals surface area contributed by atoms with Crippen LogP contribution < -0.4 is 14.9 Å². The van der Waals surface area contributed by atoms with E-state index in [4.69, 9.17) is 25.5 Å². The predicted octanol–water partition coefficient (Wildman–Crippen LogP) is 5.05. The van der Waals surface area contributed by atoms with Crippen molar-refractivity contribution in [2.45, 2.75) is 26.3 Å². The molecule has 31 heavy (non-hydrogen) atoms. The lowest BCUT2D eigenvalue weighted by molar-refractivity contribution is 0.0771. The van der Waals surface area contributed by atoms with Crippen LogP contribution in [0.3, 0.4) is 0 Å². The van der Waals surface area contributed by atoms with Gasteiger partial charge in [-0.3, -0.25) is 9.59 Å². The number of methoxy groups -OCH3 is 1. The van der Waals surface area contributed by atoms with Gasteiger partial charge in [0, 0.05) is 12.1 Å². The Morgan fingerprint density at radius 2 is 1.90 bits per heavy atom. The summed E-state index contributed by atoms with van der Waals surface area (Å²) >= 11 is 6.08. The van der Waals surface area contributed by atoms with Crippen molar-refractivity contribution in [1.82, 2.24) is 4.90 Å². The summed E-state index contributed by atoms with van der Waals surface area (Å²) < 4.78 is 17.2. The lowest BCUT2D eigenvalue weighted by Gasteiger charge is -2.21. The Kier molecular flexibility index (Phi) is 5.67. The lowest BCUT2D eigenvalue weighted by Crippen LogP contribution is -2.25. The summed E-state index contributed by atoms with van der Waals surface area (Å²) in [4.78, 5) is 27.7. The number of ether oxygens (including phenoxy) is 2. The molecule has 1 unspecified atom stereocenters. The standard InChI is InChI=1S/C24H24ClNO5/c1-13(2)9-10-30-18-7-5-14(11-19(18)29-4)21-20-22(27)16-12-15(25)6-8-17(16)31-23(20)24(28)26(21)3/h5-8,11-13,21H,9-10H2,1-4H3. The molecule has 1 aromatic heterocycles. The number of benzene rings is 2. The predicted molar refractivity (Wildman–Crippen MR) is 119 cm³/mol. The maximum atomic E-state index is 13.3. The fourth-order valence-electron chi connectivity index (χ4n) is 3.83. The number of amides is 1. The first-order valence-corrected chi connectivity index (χ1v) is 10.5. The molecule has 0 N–H and O–H groups in total. The minimum absolute atomic E-state index is 0.0588. The van der Waals surface area contributed by atoms with Crippen LogP contribution >= 0.6 is 11.6 Å². The maximum Gasteiger partial charge on any atom is 0.290 e. The van der Waals surface area contributed by atoms with Gasteiger partial charge in [-0.05, 0) is 48.2 Å². The van der Waals surface area contributed by atoms with Crippen LogP contribution in [0.5, 0.6) is 11.5 Å². The Morgan fingerprint density at radius 3 is 2.61 bits per heavy atom. The summed E-state index contributed by atoms with van der Waals surface area (Å²) in [6.07, 6.45) is 0.925. The van der Waals surface area contributed by atoms with Gasteiger partial charge in [-0.2, -0.15) is 0 Å². The van der Waals surface area contributed by atoms with Gasteiger partial charge in [0.1, 0.15) is 5.58 Å². The van der Waals surface area contributed by atoms with Crippen molar-refractivity contribution < 1.29 is 18.7 Å². The van der Waals surface area contributed by atoms with Crippen molar-refractivity contribution >= 4 is 28.5 Å². The van der Waals surface area contributed by atoms with Crippen molar-refractivity contribution in [2.24, 2.45) is 5.92 Å². The molecule has 0 saturated heterocycles. The first-order valence-electron chi connectivity index (χ1n) is 10.2. The van der Waals surface area contributed by atoms with E-state index >= 15 is 0 Å². The highest BCUT2D eigenvalue weighted by atomic mass is 35.5. The number of fused-ring (bicyclic) bond motifs is 2. The van der Waals surface area contributed by atoms with Crippen molar-refractivity contribution in [3.8, 4) is 11.5 Å². The van der Waals surface area contributed by atoms with E-state index in [1.54, 1.807) is 38.4 Å². The highest BCUT2D eigenvalue weighted by molar-refractivity contribution is 6.31. The second kappa shape index (κ2) is 8.27. The smallest absolute Gasteiger partial charge is 0.290 e. The minimum Gasteiger partial charge on any atom is -0.493 e. The Bertz CT molecular complexity index is 1220. The molecule has 3 aromatic rings. The van der Waals surface area contributed by atoms with Gasteiger partial charge < -0.3 is 18.8 Å². The van der Waals surface area contributed by atoms with Crippen molar-refractivity contribution in [3.63, 3.8) is 0 Å². The van der Waals surface area contributed by atoms with Gasteiger partial charge in [-0.1, -0.05) is 31.5 Å². The van der Waals surface area contributed by atoms with E-state index < -0.39 is 6.04 Å². The monoisotopic (exact) mass is 441 g/mol. The highest BCUT2D eigenvalue weighted by Gasteiger charge is 2.41. The van der Waals surface area contributed by atoms with Crippen LogP contribution in [-0.4, -0.2) is 31.6 Å². The largest absolute Gasteiger partial charge is 0.493 e. The van der Waals surface area contributed by atoms with Crippen LogP contribution in [0.4, 0.5) is 0 Å². The van der Waals surface area contributed by atoms with Crippen LogP contribution in [0, 0.1) is 5.92 Å². The van der Waals surface area contributed by atoms with Crippen molar-refractivity contribution in [1.29, 1.82) is 0 Å². The molecule has 2 aromatic carbocycles. The zero-order chi connectivity index (χ0) is 22.3. The lowest BCUT2D eigenvalue weighted by atomic mass is 9.98. The van der Waals surface area contributed by atoms with E-state index in [0.717, 1.165) is 12.0 Å². The molecule has 1 aliphatic rings. The van der Waals surface area contributed by atoms with Crippen LogP contribution in [0.25, 0.3) is 11.0 Å². The van der Waals surface area contributed by atoms with E-state index in [0.29, 0.717) is 45.6 Å². The van der Waals surface area contributed by atoms with Gasteiger partial charge in [0.2, 0.25) is 5.76 Å². The number of halogens is 1. The molecular weight excluding hydrogens is 418 g/mol. The quantitative estimate of drug-likeness (QED) is 0.535. The van der Waals surface area contributed by atoms with E-state index in [-0.39, 0.29) is 17.1 Å². The maximum absolute atomic E-state index is 13.3. The summed E-state index contributed by atoms with van der Waals surface area (Å²) in [6, 6.07) is 9.66. The minimum atomic E-state index is -0.597. The fourth-order valence-corrected chi connectivity index (χ4v) is 4.00. The summed E-state index contributed by atoms with van der Waals surface area (Å²) in [5, 5.41) is 0.776. The topological polar surface area (TPSA) is 69.0 Å². The second-order valence-electron chi connectivity index (χ2n) is 8.07. The number of rotatable bonds is 6. The fraction of sp³-hybridized carbons (Fsp3) is 0.333. The molecule has 2 heterocycles. The van der Waals surface area contributed by atoms with Gasteiger partial charge in [-0.15, -0.1) is 0 Å². The Morgan fingerprint density at radius 1 is 1.13 bits per heavy atom. The molecule has 0 bridgehead atoms. The average Bonchev–Trinajstić information content (AvgIpc) is 2.99. The van der Waals surface area contributed by atoms with E-state index in [1.165, 1.54) is 4.90 Å². The Hall–Kier alpha value is -2.99.